The molecule has 2 aliphatic rings. The summed E-state index contributed by atoms with van der Waals surface area (Å²) in [5, 5.41) is 9.78. The number of hydrogen-bond acceptors (Lipinski definition) is 6. The van der Waals surface area contributed by atoms with E-state index in [4.69, 9.17) is 0 Å². The minimum Gasteiger partial charge on any atom is -0.355 e. The normalized spacial score (nSPS) is 18.9. The van der Waals surface area contributed by atoms with Crippen LogP contribution in [0, 0.1) is 5.92 Å². The topological polar surface area (TPSA) is 76.1 Å². The molecule has 0 bridgehead atoms. The molecule has 0 atom stereocenters. The summed E-state index contributed by atoms with van der Waals surface area (Å²) in [6.07, 6.45) is 4.62. The number of aromatic nitrogens is 1. The number of nitrogens with one attached hydrogen (secondary N) is 2. The van der Waals surface area contributed by atoms with Crippen LogP contribution in [-0.2, 0) is 11.3 Å². The van der Waals surface area contributed by atoms with Crippen LogP contribution in [0.1, 0.15) is 31.4 Å². The molecular formula is C20H35N7OS. The van der Waals surface area contributed by atoms with E-state index in [1.54, 1.807) is 18.4 Å². The highest BCUT2D eigenvalue weighted by atomic mass is 32.1. The Labute approximate surface area is 178 Å². The van der Waals surface area contributed by atoms with Gasteiger partial charge in [-0.15, -0.1) is 11.3 Å². The number of piperazine rings is 1. The maximum Gasteiger partial charge on any atom is 0.225 e. The Morgan fingerprint density at radius 3 is 2.59 bits per heavy atom. The molecule has 0 radical (unpaired) electrons. The van der Waals surface area contributed by atoms with E-state index in [-0.39, 0.29) is 0 Å². The molecule has 3 rings (SSSR count). The number of aliphatic imine (C=N–C) groups is 1. The quantitative estimate of drug-likeness (QED) is 0.509. The zero-order valence-electron chi connectivity index (χ0n) is 18.0. The standard InChI is InChI=1S/C20H35N7OS/c1-21-19(23-14-17-15-29-20(24-17)25(2)3)22-8-9-26-10-12-27(13-11-26)18(28)16-6-4-5-7-16/h15-16H,4-14H2,1-3H3,(H2,21,22,23). The van der Waals surface area contributed by atoms with Gasteiger partial charge in [-0.05, 0) is 12.8 Å². The molecule has 2 N–H and O–H groups in total. The molecule has 0 spiro atoms. The van der Waals surface area contributed by atoms with Gasteiger partial charge in [0.05, 0.1) is 12.2 Å². The molecule has 1 aliphatic carbocycles. The van der Waals surface area contributed by atoms with E-state index in [0.29, 0.717) is 18.4 Å². The van der Waals surface area contributed by atoms with Crippen molar-refractivity contribution in [3.8, 4) is 0 Å². The zero-order valence-corrected chi connectivity index (χ0v) is 18.8. The first-order valence-corrected chi connectivity index (χ1v) is 11.5. The van der Waals surface area contributed by atoms with Crippen LogP contribution >= 0.6 is 11.3 Å². The molecule has 29 heavy (non-hydrogen) atoms. The van der Waals surface area contributed by atoms with E-state index >= 15 is 0 Å². The third kappa shape index (κ3) is 6.30. The second kappa shape index (κ2) is 10.8. The third-order valence-corrected chi connectivity index (χ3v) is 6.75. The SMILES string of the molecule is CN=C(NCCN1CCN(C(=O)C2CCCC2)CC1)NCc1csc(N(C)C)n1. The zero-order chi connectivity index (χ0) is 20.6. The molecule has 162 valence electrons. The van der Waals surface area contributed by atoms with Crippen molar-refractivity contribution in [3.05, 3.63) is 11.1 Å². The summed E-state index contributed by atoms with van der Waals surface area (Å²) in [6, 6.07) is 0. The van der Waals surface area contributed by atoms with E-state index in [1.165, 1.54) is 12.8 Å². The molecule has 2 fully saturated rings. The van der Waals surface area contributed by atoms with Crippen LogP contribution in [0.2, 0.25) is 0 Å². The smallest absolute Gasteiger partial charge is 0.225 e. The highest BCUT2D eigenvalue weighted by Gasteiger charge is 2.29. The number of thiazole rings is 1. The minimum atomic E-state index is 0.295. The molecule has 0 unspecified atom stereocenters. The van der Waals surface area contributed by atoms with Crippen molar-refractivity contribution in [1.82, 2.24) is 25.4 Å². The van der Waals surface area contributed by atoms with Gasteiger partial charge in [-0.25, -0.2) is 4.98 Å². The summed E-state index contributed by atoms with van der Waals surface area (Å²) in [5.41, 5.74) is 1.02. The van der Waals surface area contributed by atoms with Crippen molar-refractivity contribution in [1.29, 1.82) is 0 Å². The Morgan fingerprint density at radius 1 is 1.24 bits per heavy atom. The predicted octanol–water partition coefficient (Wildman–Crippen LogP) is 1.21. The van der Waals surface area contributed by atoms with E-state index in [0.717, 1.165) is 68.9 Å². The van der Waals surface area contributed by atoms with Gasteiger partial charge in [0.2, 0.25) is 5.91 Å². The minimum absolute atomic E-state index is 0.295. The summed E-state index contributed by atoms with van der Waals surface area (Å²) in [6.45, 7) is 6.08. The first-order valence-electron chi connectivity index (χ1n) is 10.6. The van der Waals surface area contributed by atoms with Crippen molar-refractivity contribution in [3.63, 3.8) is 0 Å². The van der Waals surface area contributed by atoms with Crippen molar-refractivity contribution in [2.75, 3.05) is 65.3 Å². The van der Waals surface area contributed by atoms with Gasteiger partial charge in [0.25, 0.3) is 0 Å². The summed E-state index contributed by atoms with van der Waals surface area (Å²) < 4.78 is 0. The fourth-order valence-electron chi connectivity index (χ4n) is 3.93. The van der Waals surface area contributed by atoms with Gasteiger partial charge in [0.1, 0.15) is 0 Å². The number of amides is 1. The highest BCUT2D eigenvalue weighted by molar-refractivity contribution is 7.13. The number of carbonyl (C=O) groups is 1. The molecule has 1 aromatic heterocycles. The Balaban J connectivity index is 1.32. The van der Waals surface area contributed by atoms with Crippen molar-refractivity contribution < 1.29 is 4.79 Å². The van der Waals surface area contributed by atoms with E-state index in [1.807, 2.05) is 19.0 Å². The fraction of sp³-hybridized carbons (Fsp3) is 0.750. The molecule has 1 saturated heterocycles. The number of carbonyl (C=O) groups excluding carboxylic acids is 1. The molecule has 1 aromatic rings. The predicted molar refractivity (Wildman–Crippen MR) is 120 cm³/mol. The average Bonchev–Trinajstić information content (AvgIpc) is 3.43. The van der Waals surface area contributed by atoms with Gasteiger partial charge in [0, 0.05) is 71.7 Å². The lowest BCUT2D eigenvalue weighted by atomic mass is 10.1. The molecule has 9 heteroatoms. The highest BCUT2D eigenvalue weighted by Crippen LogP contribution is 2.26. The molecule has 8 nitrogen and oxygen atoms in total. The van der Waals surface area contributed by atoms with Gasteiger partial charge in [-0.3, -0.25) is 14.7 Å². The largest absolute Gasteiger partial charge is 0.355 e. The van der Waals surface area contributed by atoms with Crippen molar-refractivity contribution in [2.24, 2.45) is 10.9 Å². The molecule has 1 amide bonds. The fourth-order valence-corrected chi connectivity index (χ4v) is 4.69. The maximum atomic E-state index is 12.5. The Morgan fingerprint density at radius 2 is 1.97 bits per heavy atom. The van der Waals surface area contributed by atoms with Gasteiger partial charge >= 0.3 is 0 Å². The lowest BCUT2D eigenvalue weighted by Gasteiger charge is -2.36. The van der Waals surface area contributed by atoms with Gasteiger partial charge in [0.15, 0.2) is 11.1 Å². The first kappa shape index (κ1) is 21.8. The summed E-state index contributed by atoms with van der Waals surface area (Å²) in [5.74, 6) is 1.48. The number of guanidine groups is 1. The summed E-state index contributed by atoms with van der Waals surface area (Å²) >= 11 is 1.64. The lowest BCUT2D eigenvalue weighted by Crippen LogP contribution is -2.51. The van der Waals surface area contributed by atoms with Crippen LogP contribution in [0.3, 0.4) is 0 Å². The molecule has 2 heterocycles. The van der Waals surface area contributed by atoms with Crippen LogP contribution < -0.4 is 15.5 Å². The summed E-state index contributed by atoms with van der Waals surface area (Å²) in [4.78, 5) is 27.9. The third-order valence-electron chi connectivity index (χ3n) is 5.69. The van der Waals surface area contributed by atoms with Gasteiger partial charge < -0.3 is 20.4 Å². The van der Waals surface area contributed by atoms with Crippen molar-refractivity contribution in [2.45, 2.75) is 32.2 Å². The Bertz CT molecular complexity index is 676. The monoisotopic (exact) mass is 421 g/mol. The van der Waals surface area contributed by atoms with Crippen LogP contribution in [0.4, 0.5) is 5.13 Å². The first-order chi connectivity index (χ1) is 14.1. The second-order valence-electron chi connectivity index (χ2n) is 8.02. The van der Waals surface area contributed by atoms with Gasteiger partial charge in [-0.2, -0.15) is 0 Å². The number of hydrogen-bond donors (Lipinski definition) is 2. The Kier molecular flexibility index (Phi) is 8.11. The second-order valence-corrected chi connectivity index (χ2v) is 8.85. The molecule has 1 aliphatic heterocycles. The molecular weight excluding hydrogens is 386 g/mol. The van der Waals surface area contributed by atoms with Crippen LogP contribution in [0.15, 0.2) is 10.4 Å². The summed E-state index contributed by atoms with van der Waals surface area (Å²) in [7, 11) is 5.79. The van der Waals surface area contributed by atoms with Crippen LogP contribution in [0.5, 0.6) is 0 Å². The lowest BCUT2D eigenvalue weighted by molar-refractivity contribution is -0.137. The Hall–Kier alpha value is -1.87. The molecule has 1 saturated carbocycles. The maximum absolute atomic E-state index is 12.5. The average molecular weight is 422 g/mol. The van der Waals surface area contributed by atoms with Crippen LogP contribution in [-0.4, -0.2) is 87.1 Å². The number of nitrogens with zero attached hydrogens (tertiary/aromatic N) is 5. The van der Waals surface area contributed by atoms with Gasteiger partial charge in [-0.1, -0.05) is 12.8 Å². The molecule has 0 aromatic carbocycles. The van der Waals surface area contributed by atoms with E-state index in [9.17, 15) is 4.79 Å². The number of rotatable bonds is 7. The van der Waals surface area contributed by atoms with E-state index < -0.39 is 0 Å². The van der Waals surface area contributed by atoms with Crippen LogP contribution in [0.25, 0.3) is 0 Å². The van der Waals surface area contributed by atoms with E-state index in [2.05, 4.69) is 35.8 Å². The van der Waals surface area contributed by atoms with Crippen molar-refractivity contribution >= 4 is 28.3 Å². The number of anilines is 1.